The van der Waals surface area contributed by atoms with E-state index in [0.29, 0.717) is 12.5 Å². The molecule has 5 nitrogen and oxygen atoms in total. The smallest absolute Gasteiger partial charge is 0.171 e. The van der Waals surface area contributed by atoms with Crippen LogP contribution in [0.1, 0.15) is 61.3 Å². The third-order valence-corrected chi connectivity index (χ3v) is 7.39. The van der Waals surface area contributed by atoms with Crippen LogP contribution in [0.4, 0.5) is 5.82 Å². The number of nitrogens with zero attached hydrogens (tertiary/aromatic N) is 4. The van der Waals surface area contributed by atoms with Crippen LogP contribution < -0.4 is 5.32 Å². The van der Waals surface area contributed by atoms with Crippen LogP contribution in [0, 0.1) is 5.92 Å². The maximum Gasteiger partial charge on any atom is 0.171 e. The van der Waals surface area contributed by atoms with Gasteiger partial charge in [-0.05, 0) is 77.6 Å². The first kappa shape index (κ1) is 22.1. The molecule has 0 amide bonds. The van der Waals surface area contributed by atoms with Crippen LogP contribution in [0.25, 0.3) is 5.65 Å². The first-order chi connectivity index (χ1) is 16.3. The summed E-state index contributed by atoms with van der Waals surface area (Å²) in [4.78, 5) is 9.22. The molecule has 1 aliphatic rings. The number of aryl methyl sites for hydroxylation is 1. The number of nitrogens with one attached hydrogen (secondary N) is 1. The Bertz CT molecular complexity index is 1170. The van der Waals surface area contributed by atoms with E-state index in [0.717, 1.165) is 27.4 Å². The largest absolute Gasteiger partial charge is 0.366 e. The second-order valence-corrected chi connectivity index (χ2v) is 9.96. The van der Waals surface area contributed by atoms with Crippen molar-refractivity contribution in [1.29, 1.82) is 0 Å². The zero-order valence-electron chi connectivity index (χ0n) is 18.8. The molecule has 170 valence electrons. The molecule has 0 spiro atoms. The summed E-state index contributed by atoms with van der Waals surface area (Å²) in [5.74, 6) is 2.34. The highest BCUT2D eigenvalue weighted by molar-refractivity contribution is 9.10. The summed E-state index contributed by atoms with van der Waals surface area (Å²) in [6.07, 6.45) is 14.4. The molecule has 1 fully saturated rings. The van der Waals surface area contributed by atoms with Gasteiger partial charge < -0.3 is 5.32 Å². The third kappa shape index (κ3) is 5.44. The average molecular weight is 504 g/mol. The summed E-state index contributed by atoms with van der Waals surface area (Å²) in [6.45, 7) is 0.706. The Morgan fingerprint density at radius 2 is 1.79 bits per heavy atom. The van der Waals surface area contributed by atoms with E-state index in [4.69, 9.17) is 4.98 Å². The van der Waals surface area contributed by atoms with Crippen LogP contribution in [0.5, 0.6) is 0 Å². The van der Waals surface area contributed by atoms with Gasteiger partial charge in [0.25, 0.3) is 0 Å². The summed E-state index contributed by atoms with van der Waals surface area (Å²) in [5, 5.41) is 8.07. The lowest BCUT2D eigenvalue weighted by Gasteiger charge is -2.28. The summed E-state index contributed by atoms with van der Waals surface area (Å²) in [6, 6.07) is 17.1. The highest BCUT2D eigenvalue weighted by atomic mass is 79.9. The van der Waals surface area contributed by atoms with Crippen LogP contribution in [0.2, 0.25) is 0 Å². The SMILES string of the molecule is Brc1cnn2c(NCc3cccnc3)cc(C3CCC(CCCc4ccccc4)CC3)nc12. The second-order valence-electron chi connectivity index (χ2n) is 9.10. The van der Waals surface area contributed by atoms with E-state index in [1.165, 1.54) is 56.2 Å². The van der Waals surface area contributed by atoms with Crippen molar-refractivity contribution in [2.45, 2.75) is 57.4 Å². The Morgan fingerprint density at radius 3 is 2.58 bits per heavy atom. The Kier molecular flexibility index (Phi) is 7.01. The second kappa shape index (κ2) is 10.5. The van der Waals surface area contributed by atoms with Gasteiger partial charge in [0, 0.05) is 36.6 Å². The molecule has 0 unspecified atom stereocenters. The quantitative estimate of drug-likeness (QED) is 0.287. The van der Waals surface area contributed by atoms with Gasteiger partial charge in [-0.1, -0.05) is 42.8 Å². The molecule has 3 heterocycles. The fourth-order valence-electron chi connectivity index (χ4n) is 4.97. The van der Waals surface area contributed by atoms with Gasteiger partial charge in [0.05, 0.1) is 10.7 Å². The molecule has 1 saturated carbocycles. The molecular weight excluding hydrogens is 474 g/mol. The van der Waals surface area contributed by atoms with Crippen LogP contribution in [-0.4, -0.2) is 19.6 Å². The zero-order valence-corrected chi connectivity index (χ0v) is 20.4. The number of benzene rings is 1. The molecule has 33 heavy (non-hydrogen) atoms. The first-order valence-corrected chi connectivity index (χ1v) is 12.8. The van der Waals surface area contributed by atoms with Crippen molar-refractivity contribution < 1.29 is 0 Å². The van der Waals surface area contributed by atoms with Gasteiger partial charge in [-0.25, -0.2) is 4.98 Å². The summed E-state index contributed by atoms with van der Waals surface area (Å²) < 4.78 is 2.82. The van der Waals surface area contributed by atoms with Crippen molar-refractivity contribution >= 4 is 27.4 Å². The van der Waals surface area contributed by atoms with Gasteiger partial charge in [0.15, 0.2) is 5.65 Å². The van der Waals surface area contributed by atoms with Gasteiger partial charge >= 0.3 is 0 Å². The number of rotatable bonds is 8. The Morgan fingerprint density at radius 1 is 0.970 bits per heavy atom. The lowest BCUT2D eigenvalue weighted by atomic mass is 9.78. The van der Waals surface area contributed by atoms with E-state index >= 15 is 0 Å². The first-order valence-electron chi connectivity index (χ1n) is 12.0. The lowest BCUT2D eigenvalue weighted by molar-refractivity contribution is 0.302. The number of hydrogen-bond acceptors (Lipinski definition) is 4. The maximum atomic E-state index is 5.00. The van der Waals surface area contributed by atoms with E-state index in [-0.39, 0.29) is 0 Å². The molecular formula is C27H30BrN5. The molecule has 1 N–H and O–H groups in total. The van der Waals surface area contributed by atoms with E-state index in [1.54, 1.807) is 6.20 Å². The number of aromatic nitrogens is 4. The maximum absolute atomic E-state index is 5.00. The molecule has 0 radical (unpaired) electrons. The number of anilines is 1. The molecule has 4 aromatic rings. The molecule has 3 aromatic heterocycles. The van der Waals surface area contributed by atoms with E-state index < -0.39 is 0 Å². The average Bonchev–Trinajstić information content (AvgIpc) is 3.25. The minimum atomic E-state index is 0.515. The summed E-state index contributed by atoms with van der Waals surface area (Å²) in [7, 11) is 0. The Balaban J connectivity index is 1.23. The molecule has 0 atom stereocenters. The highest BCUT2D eigenvalue weighted by Gasteiger charge is 2.24. The minimum absolute atomic E-state index is 0.515. The fraction of sp³-hybridized carbons (Fsp3) is 0.370. The van der Waals surface area contributed by atoms with Gasteiger partial charge in [0.1, 0.15) is 5.82 Å². The topological polar surface area (TPSA) is 55.1 Å². The predicted octanol–water partition coefficient (Wildman–Crippen LogP) is 6.80. The van der Waals surface area contributed by atoms with Gasteiger partial charge in [-0.3, -0.25) is 4.98 Å². The standard InChI is InChI=1S/C27H30BrN5/c28-24-19-31-33-26(30-18-22-10-5-15-29-17-22)16-25(32-27(24)33)23-13-11-21(12-14-23)9-4-8-20-6-2-1-3-7-20/h1-3,5-7,10,15-17,19,21,23,30H,4,8-9,11-14,18H2. The monoisotopic (exact) mass is 503 g/mol. The van der Waals surface area contributed by atoms with Crippen molar-refractivity contribution in [3.8, 4) is 0 Å². The van der Waals surface area contributed by atoms with Crippen LogP contribution >= 0.6 is 15.9 Å². The molecule has 6 heteroatoms. The lowest BCUT2D eigenvalue weighted by Crippen LogP contribution is -2.16. The summed E-state index contributed by atoms with van der Waals surface area (Å²) in [5.41, 5.74) is 4.67. The molecule has 1 aromatic carbocycles. The Hall–Kier alpha value is -2.73. The van der Waals surface area contributed by atoms with Crippen LogP contribution in [-0.2, 0) is 13.0 Å². The predicted molar refractivity (Wildman–Crippen MR) is 136 cm³/mol. The number of halogens is 1. The summed E-state index contributed by atoms with van der Waals surface area (Å²) >= 11 is 3.63. The van der Waals surface area contributed by atoms with Crippen molar-refractivity contribution in [3.63, 3.8) is 0 Å². The number of fused-ring (bicyclic) bond motifs is 1. The zero-order chi connectivity index (χ0) is 22.5. The molecule has 5 rings (SSSR count). The van der Waals surface area contributed by atoms with Crippen molar-refractivity contribution in [2.75, 3.05) is 5.32 Å². The van der Waals surface area contributed by atoms with Gasteiger partial charge in [-0.15, -0.1) is 0 Å². The number of pyridine rings is 1. The molecule has 1 aliphatic carbocycles. The number of hydrogen-bond donors (Lipinski definition) is 1. The van der Waals surface area contributed by atoms with Gasteiger partial charge in [-0.2, -0.15) is 9.61 Å². The Labute approximate surface area is 203 Å². The molecule has 0 saturated heterocycles. The van der Waals surface area contributed by atoms with Crippen molar-refractivity contribution in [2.24, 2.45) is 5.92 Å². The van der Waals surface area contributed by atoms with Crippen LogP contribution in [0.3, 0.4) is 0 Å². The molecule has 0 bridgehead atoms. The minimum Gasteiger partial charge on any atom is -0.366 e. The molecule has 0 aliphatic heterocycles. The van der Waals surface area contributed by atoms with E-state index in [2.05, 4.69) is 73.8 Å². The van der Waals surface area contributed by atoms with Crippen LogP contribution in [0.15, 0.2) is 71.6 Å². The van der Waals surface area contributed by atoms with Crippen molar-refractivity contribution in [1.82, 2.24) is 19.6 Å². The van der Waals surface area contributed by atoms with Crippen molar-refractivity contribution in [3.05, 3.63) is 88.4 Å². The van der Waals surface area contributed by atoms with E-state index in [1.807, 2.05) is 23.0 Å². The highest BCUT2D eigenvalue weighted by Crippen LogP contribution is 2.38. The van der Waals surface area contributed by atoms with Gasteiger partial charge in [0.2, 0.25) is 0 Å². The fourth-order valence-corrected chi connectivity index (χ4v) is 5.32. The normalized spacial score (nSPS) is 18.5. The van der Waals surface area contributed by atoms with E-state index in [9.17, 15) is 0 Å². The third-order valence-electron chi connectivity index (χ3n) is 6.83.